The first kappa shape index (κ1) is 13.4. The van der Waals surface area contributed by atoms with Crippen LogP contribution >= 0.6 is 11.6 Å². The van der Waals surface area contributed by atoms with Crippen molar-refractivity contribution in [2.24, 2.45) is 5.84 Å². The third-order valence-corrected chi connectivity index (χ3v) is 2.75. The van der Waals surface area contributed by atoms with Crippen LogP contribution in [0.15, 0.2) is 12.1 Å². The van der Waals surface area contributed by atoms with Gasteiger partial charge in [0.25, 0.3) is 0 Å². The van der Waals surface area contributed by atoms with Crippen LogP contribution in [0.5, 0.6) is 0 Å². The summed E-state index contributed by atoms with van der Waals surface area (Å²) in [5.74, 6) is 4.16. The Labute approximate surface area is 98.8 Å². The molecule has 0 aliphatic rings. The molecule has 0 aliphatic carbocycles. The molecule has 1 aromatic carbocycles. The van der Waals surface area contributed by atoms with E-state index >= 15 is 0 Å². The van der Waals surface area contributed by atoms with Gasteiger partial charge in [0, 0.05) is 11.6 Å². The lowest BCUT2D eigenvalue weighted by Gasteiger charge is -2.17. The molecule has 1 aromatic rings. The van der Waals surface area contributed by atoms with Crippen molar-refractivity contribution in [2.75, 3.05) is 0 Å². The number of hydrazine groups is 1. The minimum Gasteiger partial charge on any atom is -0.271 e. The number of hydrogen-bond donors (Lipinski definition) is 2. The van der Waals surface area contributed by atoms with Gasteiger partial charge in [-0.25, -0.2) is 8.78 Å². The second-order valence-corrected chi connectivity index (χ2v) is 4.06. The summed E-state index contributed by atoms with van der Waals surface area (Å²) in [5, 5.41) is -0.215. The van der Waals surface area contributed by atoms with Crippen molar-refractivity contribution in [3.05, 3.63) is 34.4 Å². The fraction of sp³-hybridized carbons (Fsp3) is 0.455. The maximum Gasteiger partial charge on any atom is 0.142 e. The SMILES string of the molecule is CCCCC(NN)c1cc(F)c(Cl)cc1F. The molecule has 90 valence electrons. The van der Waals surface area contributed by atoms with Crippen LogP contribution in [0.2, 0.25) is 5.02 Å². The largest absolute Gasteiger partial charge is 0.271 e. The highest BCUT2D eigenvalue weighted by Crippen LogP contribution is 2.26. The van der Waals surface area contributed by atoms with Crippen molar-refractivity contribution in [3.8, 4) is 0 Å². The topological polar surface area (TPSA) is 38.0 Å². The van der Waals surface area contributed by atoms with Crippen LogP contribution in [0.1, 0.15) is 37.8 Å². The Bertz CT molecular complexity index is 358. The number of unbranched alkanes of at least 4 members (excludes halogenated alkanes) is 1. The van der Waals surface area contributed by atoms with E-state index in [2.05, 4.69) is 5.43 Å². The van der Waals surface area contributed by atoms with Gasteiger partial charge in [-0.05, 0) is 18.6 Å². The average Bonchev–Trinajstić information content (AvgIpc) is 2.26. The summed E-state index contributed by atoms with van der Waals surface area (Å²) in [6.07, 6.45) is 2.51. The van der Waals surface area contributed by atoms with Gasteiger partial charge in [-0.2, -0.15) is 0 Å². The van der Waals surface area contributed by atoms with Crippen LogP contribution < -0.4 is 11.3 Å². The summed E-state index contributed by atoms with van der Waals surface area (Å²) in [5.41, 5.74) is 2.71. The molecule has 5 heteroatoms. The predicted octanol–water partition coefficient (Wildman–Crippen LogP) is 3.31. The summed E-state index contributed by atoms with van der Waals surface area (Å²) in [6.45, 7) is 2.02. The number of halogens is 3. The van der Waals surface area contributed by atoms with E-state index in [1.807, 2.05) is 6.92 Å². The van der Waals surface area contributed by atoms with Crippen molar-refractivity contribution in [3.63, 3.8) is 0 Å². The third-order valence-electron chi connectivity index (χ3n) is 2.46. The summed E-state index contributed by atoms with van der Waals surface area (Å²) >= 11 is 5.47. The zero-order valence-electron chi connectivity index (χ0n) is 9.06. The zero-order valence-corrected chi connectivity index (χ0v) is 9.82. The lowest BCUT2D eigenvalue weighted by Crippen LogP contribution is -2.28. The molecule has 0 saturated carbocycles. The van der Waals surface area contributed by atoms with E-state index in [1.54, 1.807) is 0 Å². The van der Waals surface area contributed by atoms with Crippen molar-refractivity contribution in [1.29, 1.82) is 0 Å². The van der Waals surface area contributed by atoms with E-state index in [0.717, 1.165) is 25.0 Å². The molecule has 0 fully saturated rings. The van der Waals surface area contributed by atoms with Crippen LogP contribution in [0.3, 0.4) is 0 Å². The van der Waals surface area contributed by atoms with Crippen LogP contribution in [0.4, 0.5) is 8.78 Å². The molecular formula is C11H15ClF2N2. The van der Waals surface area contributed by atoms with E-state index in [-0.39, 0.29) is 16.6 Å². The van der Waals surface area contributed by atoms with Gasteiger partial charge in [-0.3, -0.25) is 11.3 Å². The third kappa shape index (κ3) is 3.14. The first-order valence-corrected chi connectivity index (χ1v) is 5.58. The first-order valence-electron chi connectivity index (χ1n) is 5.20. The lowest BCUT2D eigenvalue weighted by molar-refractivity contribution is 0.465. The number of benzene rings is 1. The average molecular weight is 249 g/mol. The Morgan fingerprint density at radius 3 is 2.62 bits per heavy atom. The summed E-state index contributed by atoms with van der Waals surface area (Å²) < 4.78 is 26.8. The molecule has 0 heterocycles. The van der Waals surface area contributed by atoms with Gasteiger partial charge in [-0.15, -0.1) is 0 Å². The quantitative estimate of drug-likeness (QED) is 0.477. The van der Waals surface area contributed by atoms with Crippen LogP contribution in [0.25, 0.3) is 0 Å². The van der Waals surface area contributed by atoms with E-state index in [1.165, 1.54) is 0 Å². The minimum absolute atomic E-state index is 0.215. The molecule has 0 aliphatic heterocycles. The van der Waals surface area contributed by atoms with Crippen molar-refractivity contribution >= 4 is 11.6 Å². The molecule has 1 rings (SSSR count). The molecule has 0 amide bonds. The standard InChI is InChI=1S/C11H15ClF2N2/c1-2-3-4-11(16-15)7-5-10(14)8(12)6-9(7)13/h5-6,11,16H,2-4,15H2,1H3. The zero-order chi connectivity index (χ0) is 12.1. The van der Waals surface area contributed by atoms with E-state index in [4.69, 9.17) is 17.4 Å². The van der Waals surface area contributed by atoms with Gasteiger partial charge in [0.05, 0.1) is 5.02 Å². The first-order chi connectivity index (χ1) is 7.60. The van der Waals surface area contributed by atoms with Gasteiger partial charge in [0.2, 0.25) is 0 Å². The lowest BCUT2D eigenvalue weighted by atomic mass is 10.0. The molecule has 16 heavy (non-hydrogen) atoms. The van der Waals surface area contributed by atoms with Gasteiger partial charge >= 0.3 is 0 Å². The molecule has 3 N–H and O–H groups in total. The monoisotopic (exact) mass is 248 g/mol. The van der Waals surface area contributed by atoms with Gasteiger partial charge < -0.3 is 0 Å². The second kappa shape index (κ2) is 6.13. The van der Waals surface area contributed by atoms with Crippen LogP contribution in [-0.2, 0) is 0 Å². The molecular weight excluding hydrogens is 234 g/mol. The highest BCUT2D eigenvalue weighted by Gasteiger charge is 2.16. The maximum atomic E-state index is 13.5. The molecule has 0 spiro atoms. The maximum absolute atomic E-state index is 13.5. The van der Waals surface area contributed by atoms with E-state index < -0.39 is 11.6 Å². The van der Waals surface area contributed by atoms with E-state index in [0.29, 0.717) is 6.42 Å². The Kier molecular flexibility index (Phi) is 5.12. The normalized spacial score (nSPS) is 12.8. The van der Waals surface area contributed by atoms with Crippen molar-refractivity contribution in [2.45, 2.75) is 32.2 Å². The molecule has 1 unspecified atom stereocenters. The Morgan fingerprint density at radius 1 is 1.38 bits per heavy atom. The van der Waals surface area contributed by atoms with E-state index in [9.17, 15) is 8.78 Å². The number of nitrogens with two attached hydrogens (primary N) is 1. The Morgan fingerprint density at radius 2 is 2.06 bits per heavy atom. The van der Waals surface area contributed by atoms with Gasteiger partial charge in [0.15, 0.2) is 0 Å². The van der Waals surface area contributed by atoms with Crippen LogP contribution in [-0.4, -0.2) is 0 Å². The molecule has 2 nitrogen and oxygen atoms in total. The Balaban J connectivity index is 2.95. The summed E-state index contributed by atoms with van der Waals surface area (Å²) in [6, 6.07) is 1.69. The number of rotatable bonds is 5. The molecule has 0 radical (unpaired) electrons. The summed E-state index contributed by atoms with van der Waals surface area (Å²) in [4.78, 5) is 0. The van der Waals surface area contributed by atoms with Gasteiger partial charge in [0.1, 0.15) is 11.6 Å². The predicted molar refractivity (Wildman–Crippen MR) is 61.0 cm³/mol. The Hall–Kier alpha value is -0.710. The second-order valence-electron chi connectivity index (χ2n) is 3.65. The fourth-order valence-electron chi connectivity index (χ4n) is 1.54. The number of nitrogens with one attached hydrogen (secondary N) is 1. The highest BCUT2D eigenvalue weighted by atomic mass is 35.5. The summed E-state index contributed by atoms with van der Waals surface area (Å²) in [7, 11) is 0. The smallest absolute Gasteiger partial charge is 0.142 e. The number of hydrogen-bond acceptors (Lipinski definition) is 2. The molecule has 0 bridgehead atoms. The van der Waals surface area contributed by atoms with Crippen molar-refractivity contribution in [1.82, 2.24) is 5.43 Å². The van der Waals surface area contributed by atoms with Crippen molar-refractivity contribution < 1.29 is 8.78 Å². The molecule has 0 saturated heterocycles. The fourth-order valence-corrected chi connectivity index (χ4v) is 1.69. The minimum atomic E-state index is -0.630. The molecule has 1 atom stereocenters. The van der Waals surface area contributed by atoms with Crippen LogP contribution in [0, 0.1) is 11.6 Å². The highest BCUT2D eigenvalue weighted by molar-refractivity contribution is 6.30. The molecule has 0 aromatic heterocycles. The van der Waals surface area contributed by atoms with Gasteiger partial charge in [-0.1, -0.05) is 31.4 Å².